The topological polar surface area (TPSA) is 86.7 Å². The summed E-state index contributed by atoms with van der Waals surface area (Å²) in [6.45, 7) is 6.03. The second-order valence-corrected chi connectivity index (χ2v) is 6.85. The van der Waals surface area contributed by atoms with E-state index in [2.05, 4.69) is 11.6 Å². The summed E-state index contributed by atoms with van der Waals surface area (Å²) in [5.41, 5.74) is -1.44. The molecule has 18 heavy (non-hydrogen) atoms. The van der Waals surface area contributed by atoms with E-state index in [1.54, 1.807) is 6.92 Å². The van der Waals surface area contributed by atoms with Crippen LogP contribution in [-0.2, 0) is 15.0 Å². The van der Waals surface area contributed by atoms with E-state index in [9.17, 15) is 13.2 Å². The molecule has 1 unspecified atom stereocenters. The Labute approximate surface area is 109 Å². The first kappa shape index (κ1) is 15.4. The normalized spacial score (nSPS) is 22.6. The highest BCUT2D eigenvalue weighted by atomic mass is 32.2. The van der Waals surface area contributed by atoms with Crippen LogP contribution in [0.5, 0.6) is 0 Å². The number of nitrogens with zero attached hydrogens (tertiary/aromatic N) is 1. The summed E-state index contributed by atoms with van der Waals surface area (Å²) >= 11 is 0. The minimum Gasteiger partial charge on any atom is -0.480 e. The largest absolute Gasteiger partial charge is 0.480 e. The molecule has 1 aliphatic heterocycles. The Hall–Kier alpha value is -0.660. The van der Waals surface area contributed by atoms with Gasteiger partial charge < -0.3 is 5.11 Å². The lowest BCUT2D eigenvalue weighted by molar-refractivity contribution is -0.143. The number of hydrogen-bond acceptors (Lipinski definition) is 3. The third-order valence-corrected chi connectivity index (χ3v) is 5.37. The Bertz CT molecular complexity index is 401. The highest BCUT2D eigenvalue weighted by molar-refractivity contribution is 7.87. The van der Waals surface area contributed by atoms with Gasteiger partial charge in [-0.3, -0.25) is 4.79 Å². The smallest absolute Gasteiger partial charge is 0.324 e. The van der Waals surface area contributed by atoms with Crippen molar-refractivity contribution in [1.29, 1.82) is 0 Å². The van der Waals surface area contributed by atoms with Crippen LogP contribution in [-0.4, -0.2) is 42.4 Å². The highest BCUT2D eigenvalue weighted by Crippen LogP contribution is 2.20. The Morgan fingerprint density at radius 3 is 2.33 bits per heavy atom. The predicted molar refractivity (Wildman–Crippen MR) is 68.4 cm³/mol. The third kappa shape index (κ3) is 3.43. The number of rotatable bonds is 5. The fraction of sp³-hybridized carbons (Fsp3) is 0.909. The van der Waals surface area contributed by atoms with Gasteiger partial charge in [-0.15, -0.1) is 0 Å². The van der Waals surface area contributed by atoms with Crippen molar-refractivity contribution in [2.45, 2.75) is 45.6 Å². The zero-order chi connectivity index (χ0) is 14.0. The van der Waals surface area contributed by atoms with Crippen LogP contribution in [0.1, 0.15) is 40.0 Å². The van der Waals surface area contributed by atoms with Gasteiger partial charge in [0, 0.05) is 13.1 Å². The summed E-state index contributed by atoms with van der Waals surface area (Å²) in [4.78, 5) is 11.1. The lowest BCUT2D eigenvalue weighted by Gasteiger charge is -2.33. The number of carboxylic acid groups (broad SMARTS) is 1. The maximum Gasteiger partial charge on any atom is 0.324 e. The lowest BCUT2D eigenvalue weighted by atomic mass is 10.0. The number of carbonyl (C=O) groups is 1. The Kier molecular flexibility index (Phi) is 4.74. The summed E-state index contributed by atoms with van der Waals surface area (Å²) in [6, 6.07) is 0. The number of piperidine rings is 1. The molecular formula is C11H22N2O4S. The molecule has 7 heteroatoms. The first-order valence-electron chi connectivity index (χ1n) is 6.23. The molecule has 1 saturated heterocycles. The van der Waals surface area contributed by atoms with E-state index in [0.717, 1.165) is 12.8 Å². The van der Waals surface area contributed by atoms with E-state index in [1.807, 2.05) is 0 Å². The minimum atomic E-state index is -3.72. The zero-order valence-electron chi connectivity index (χ0n) is 11.1. The second kappa shape index (κ2) is 5.54. The average Bonchev–Trinajstić information content (AvgIpc) is 2.28. The van der Waals surface area contributed by atoms with Gasteiger partial charge in [0.2, 0.25) is 0 Å². The van der Waals surface area contributed by atoms with Crippen LogP contribution in [0.2, 0.25) is 0 Å². The molecule has 1 aliphatic rings. The molecule has 2 N–H and O–H groups in total. The Balaban J connectivity index is 2.78. The molecule has 0 spiro atoms. The maximum atomic E-state index is 12.1. The van der Waals surface area contributed by atoms with Gasteiger partial charge in [-0.2, -0.15) is 17.4 Å². The molecule has 106 valence electrons. The molecule has 1 fully saturated rings. The van der Waals surface area contributed by atoms with Gasteiger partial charge >= 0.3 is 5.97 Å². The summed E-state index contributed by atoms with van der Waals surface area (Å²) in [7, 11) is -3.72. The summed E-state index contributed by atoms with van der Waals surface area (Å²) in [6.07, 6.45) is 1.83. The van der Waals surface area contributed by atoms with Crippen molar-refractivity contribution >= 4 is 16.2 Å². The van der Waals surface area contributed by atoms with E-state index in [0.29, 0.717) is 19.0 Å². The molecule has 0 bridgehead atoms. The Morgan fingerprint density at radius 2 is 1.94 bits per heavy atom. The lowest BCUT2D eigenvalue weighted by Crippen LogP contribution is -2.56. The molecule has 0 aromatic heterocycles. The second-order valence-electron chi connectivity index (χ2n) is 5.18. The molecule has 0 amide bonds. The summed E-state index contributed by atoms with van der Waals surface area (Å²) < 4.78 is 27.9. The van der Waals surface area contributed by atoms with Gasteiger partial charge in [-0.05, 0) is 32.1 Å². The van der Waals surface area contributed by atoms with Crippen LogP contribution in [0.15, 0.2) is 0 Å². The van der Waals surface area contributed by atoms with Gasteiger partial charge in [0.25, 0.3) is 10.2 Å². The summed E-state index contributed by atoms with van der Waals surface area (Å²) in [5.74, 6) is -0.632. The zero-order valence-corrected chi connectivity index (χ0v) is 12.0. The molecule has 0 saturated carbocycles. The standard InChI is InChI=1S/C11H22N2O4S/c1-4-11(3,10(14)15)12-18(16,17)13-7-5-9(2)6-8-13/h9,12H,4-8H2,1-3H3,(H,14,15). The van der Waals surface area contributed by atoms with Crippen LogP contribution in [0.4, 0.5) is 0 Å². The fourth-order valence-corrected chi connectivity index (χ4v) is 3.46. The van der Waals surface area contributed by atoms with Crippen molar-refractivity contribution in [3.8, 4) is 0 Å². The van der Waals surface area contributed by atoms with Crippen molar-refractivity contribution in [1.82, 2.24) is 9.03 Å². The van der Waals surface area contributed by atoms with Gasteiger partial charge in [-0.25, -0.2) is 0 Å². The molecule has 0 aromatic carbocycles. The number of nitrogens with one attached hydrogen (secondary N) is 1. The van der Waals surface area contributed by atoms with Crippen molar-refractivity contribution < 1.29 is 18.3 Å². The van der Waals surface area contributed by atoms with Crippen molar-refractivity contribution in [3.63, 3.8) is 0 Å². The number of hydrogen-bond donors (Lipinski definition) is 2. The molecular weight excluding hydrogens is 256 g/mol. The van der Waals surface area contributed by atoms with Crippen LogP contribution in [0, 0.1) is 5.92 Å². The van der Waals surface area contributed by atoms with Gasteiger partial charge in [-0.1, -0.05) is 13.8 Å². The first-order chi connectivity index (χ1) is 8.21. The molecule has 1 heterocycles. The molecule has 6 nitrogen and oxygen atoms in total. The number of carboxylic acids is 1. The van der Waals surface area contributed by atoms with Gasteiger partial charge in [0.15, 0.2) is 0 Å². The van der Waals surface area contributed by atoms with Crippen molar-refractivity contribution in [2.75, 3.05) is 13.1 Å². The van der Waals surface area contributed by atoms with E-state index in [1.165, 1.54) is 11.2 Å². The van der Waals surface area contributed by atoms with E-state index in [4.69, 9.17) is 5.11 Å². The quantitative estimate of drug-likeness (QED) is 0.779. The molecule has 0 aromatic rings. The molecule has 1 rings (SSSR count). The van der Waals surface area contributed by atoms with E-state index < -0.39 is 21.7 Å². The van der Waals surface area contributed by atoms with Crippen LogP contribution >= 0.6 is 0 Å². The summed E-state index contributed by atoms with van der Waals surface area (Å²) in [5, 5.41) is 9.09. The highest BCUT2D eigenvalue weighted by Gasteiger charge is 2.38. The van der Waals surface area contributed by atoms with Gasteiger partial charge in [0.05, 0.1) is 0 Å². The first-order valence-corrected chi connectivity index (χ1v) is 7.67. The van der Waals surface area contributed by atoms with Gasteiger partial charge in [0.1, 0.15) is 5.54 Å². The van der Waals surface area contributed by atoms with Crippen LogP contribution < -0.4 is 4.72 Å². The fourth-order valence-electron chi connectivity index (χ4n) is 1.84. The average molecular weight is 278 g/mol. The predicted octanol–water partition coefficient (Wildman–Crippen LogP) is 0.806. The Morgan fingerprint density at radius 1 is 1.44 bits per heavy atom. The third-order valence-electron chi connectivity index (χ3n) is 3.62. The maximum absolute atomic E-state index is 12.1. The molecule has 1 atom stereocenters. The van der Waals surface area contributed by atoms with Crippen molar-refractivity contribution in [2.24, 2.45) is 5.92 Å². The minimum absolute atomic E-state index is 0.200. The molecule has 0 aliphatic carbocycles. The van der Waals surface area contributed by atoms with Crippen LogP contribution in [0.3, 0.4) is 0 Å². The van der Waals surface area contributed by atoms with Crippen molar-refractivity contribution in [3.05, 3.63) is 0 Å². The SMILES string of the molecule is CCC(C)(NS(=O)(=O)N1CCC(C)CC1)C(=O)O. The molecule has 0 radical (unpaired) electrons. The van der Waals surface area contributed by atoms with E-state index >= 15 is 0 Å². The monoisotopic (exact) mass is 278 g/mol. The number of aliphatic carboxylic acids is 1. The van der Waals surface area contributed by atoms with E-state index in [-0.39, 0.29) is 6.42 Å². The van der Waals surface area contributed by atoms with Crippen LogP contribution in [0.25, 0.3) is 0 Å².